The van der Waals surface area contributed by atoms with E-state index in [4.69, 9.17) is 11.6 Å². The van der Waals surface area contributed by atoms with E-state index in [0.29, 0.717) is 5.02 Å². The Bertz CT molecular complexity index is 719. The lowest BCUT2D eigenvalue weighted by Gasteiger charge is -2.23. The molecule has 0 bridgehead atoms. The van der Waals surface area contributed by atoms with Gasteiger partial charge in [-0.2, -0.15) is 0 Å². The van der Waals surface area contributed by atoms with Gasteiger partial charge >= 0.3 is 0 Å². The molecule has 0 saturated heterocycles. The van der Waals surface area contributed by atoms with Gasteiger partial charge in [0.05, 0.1) is 5.52 Å². The number of fused-ring (bicyclic) bond motifs is 1. The fourth-order valence-corrected chi connectivity index (χ4v) is 3.36. The van der Waals surface area contributed by atoms with E-state index >= 15 is 0 Å². The minimum Gasteiger partial charge on any atom is -0.384 e. The molecule has 1 unspecified atom stereocenters. The Kier molecular flexibility index (Phi) is 8.17. The van der Waals surface area contributed by atoms with Crippen molar-refractivity contribution < 1.29 is 4.79 Å². The maximum absolute atomic E-state index is 12.5. The molecule has 2 rings (SSSR count). The fourth-order valence-electron chi connectivity index (χ4n) is 3.19. The van der Waals surface area contributed by atoms with Gasteiger partial charge in [-0.1, -0.05) is 38.3 Å². The van der Waals surface area contributed by atoms with Gasteiger partial charge in [-0.25, -0.2) is 0 Å². The number of unbranched alkanes of at least 4 members (excludes halogenated alkanes) is 1. The van der Waals surface area contributed by atoms with Crippen molar-refractivity contribution in [1.82, 2.24) is 9.88 Å². The number of nitrogens with zero attached hydrogens (tertiary/aromatic N) is 2. The van der Waals surface area contributed by atoms with E-state index < -0.39 is 0 Å². The number of nitrogens with one attached hydrogen (secondary N) is 1. The zero-order chi connectivity index (χ0) is 18.9. The van der Waals surface area contributed by atoms with Gasteiger partial charge in [0.1, 0.15) is 0 Å². The Morgan fingerprint density at radius 1 is 1.27 bits per heavy atom. The zero-order valence-corrected chi connectivity index (χ0v) is 16.9. The molecule has 2 aromatic rings. The van der Waals surface area contributed by atoms with Crippen LogP contribution in [0.3, 0.4) is 0 Å². The SMILES string of the molecule is CCCCC(CC)C(=O)N(C)CCCNc1ccnc2cc(Cl)ccc12. The van der Waals surface area contributed by atoms with Gasteiger partial charge in [0.15, 0.2) is 0 Å². The fraction of sp³-hybridized carbons (Fsp3) is 0.524. The van der Waals surface area contributed by atoms with Crippen LogP contribution in [-0.2, 0) is 4.79 Å². The molecule has 1 N–H and O–H groups in total. The molecule has 0 aliphatic heterocycles. The second kappa shape index (κ2) is 10.4. The average Bonchev–Trinajstić information content (AvgIpc) is 2.65. The standard InChI is InChI=1S/C21H30ClN3O/c1-4-6-8-16(5-2)21(26)25(3)14-7-12-23-19-11-13-24-20-15-17(22)9-10-18(19)20/h9-11,13,15-16H,4-8,12,14H2,1-3H3,(H,23,24). The average molecular weight is 376 g/mol. The van der Waals surface area contributed by atoms with Crippen LogP contribution in [-0.4, -0.2) is 35.9 Å². The maximum atomic E-state index is 12.5. The molecular weight excluding hydrogens is 346 g/mol. The zero-order valence-electron chi connectivity index (χ0n) is 16.1. The first-order valence-electron chi connectivity index (χ1n) is 9.59. The van der Waals surface area contributed by atoms with Crippen molar-refractivity contribution >= 4 is 34.1 Å². The third-order valence-electron chi connectivity index (χ3n) is 4.81. The molecule has 1 aromatic heterocycles. The summed E-state index contributed by atoms with van der Waals surface area (Å²) in [4.78, 5) is 18.8. The second-order valence-corrected chi connectivity index (χ2v) is 7.24. The van der Waals surface area contributed by atoms with E-state index in [0.717, 1.165) is 61.8 Å². The number of pyridine rings is 1. The smallest absolute Gasteiger partial charge is 0.225 e. The molecule has 142 valence electrons. The van der Waals surface area contributed by atoms with Crippen molar-refractivity contribution in [3.8, 4) is 0 Å². The van der Waals surface area contributed by atoms with Crippen molar-refractivity contribution in [3.05, 3.63) is 35.5 Å². The van der Waals surface area contributed by atoms with E-state index in [1.807, 2.05) is 36.2 Å². The third kappa shape index (κ3) is 5.60. The third-order valence-corrected chi connectivity index (χ3v) is 5.05. The Labute approximate surface area is 161 Å². The number of amides is 1. The predicted octanol–water partition coefficient (Wildman–Crippen LogP) is 5.37. The Balaban J connectivity index is 1.84. The van der Waals surface area contributed by atoms with Gasteiger partial charge < -0.3 is 10.2 Å². The van der Waals surface area contributed by atoms with Crippen molar-refractivity contribution in [2.45, 2.75) is 46.0 Å². The first-order valence-corrected chi connectivity index (χ1v) is 9.97. The lowest BCUT2D eigenvalue weighted by Crippen LogP contribution is -2.34. The Hall–Kier alpha value is -1.81. The van der Waals surface area contributed by atoms with Gasteiger partial charge in [0.2, 0.25) is 5.91 Å². The molecule has 4 nitrogen and oxygen atoms in total. The highest BCUT2D eigenvalue weighted by Crippen LogP contribution is 2.24. The maximum Gasteiger partial charge on any atom is 0.225 e. The number of hydrogen-bond acceptors (Lipinski definition) is 3. The highest BCUT2D eigenvalue weighted by Gasteiger charge is 2.19. The number of anilines is 1. The molecule has 0 aliphatic rings. The minimum atomic E-state index is 0.168. The quantitative estimate of drug-likeness (QED) is 0.568. The molecule has 1 atom stereocenters. The Morgan fingerprint density at radius 2 is 2.08 bits per heavy atom. The first kappa shape index (κ1) is 20.5. The van der Waals surface area contributed by atoms with Crippen LogP contribution in [0, 0.1) is 5.92 Å². The van der Waals surface area contributed by atoms with Gasteiger partial charge in [-0.15, -0.1) is 0 Å². The molecule has 1 heterocycles. The summed E-state index contributed by atoms with van der Waals surface area (Å²) in [6.45, 7) is 5.85. The molecule has 0 aliphatic carbocycles. The number of aromatic nitrogens is 1. The van der Waals surface area contributed by atoms with E-state index in [2.05, 4.69) is 24.1 Å². The summed E-state index contributed by atoms with van der Waals surface area (Å²) in [5.41, 5.74) is 1.94. The van der Waals surface area contributed by atoms with Gasteiger partial charge in [0.25, 0.3) is 0 Å². The molecule has 0 fully saturated rings. The predicted molar refractivity (Wildman–Crippen MR) is 111 cm³/mol. The minimum absolute atomic E-state index is 0.168. The first-order chi connectivity index (χ1) is 12.6. The van der Waals surface area contributed by atoms with E-state index in [1.54, 1.807) is 6.20 Å². The highest BCUT2D eigenvalue weighted by molar-refractivity contribution is 6.31. The molecule has 1 amide bonds. The van der Waals surface area contributed by atoms with Crippen LogP contribution in [0.25, 0.3) is 10.9 Å². The van der Waals surface area contributed by atoms with Crippen LogP contribution in [0.5, 0.6) is 0 Å². The van der Waals surface area contributed by atoms with Crippen LogP contribution in [0.1, 0.15) is 46.0 Å². The topological polar surface area (TPSA) is 45.2 Å². The number of rotatable bonds is 10. The largest absolute Gasteiger partial charge is 0.384 e. The van der Waals surface area contributed by atoms with Crippen molar-refractivity contribution in [3.63, 3.8) is 0 Å². The lowest BCUT2D eigenvalue weighted by atomic mass is 9.98. The summed E-state index contributed by atoms with van der Waals surface area (Å²) in [7, 11) is 1.92. The number of hydrogen-bond donors (Lipinski definition) is 1. The number of benzene rings is 1. The molecule has 0 spiro atoms. The van der Waals surface area contributed by atoms with Crippen LogP contribution in [0.4, 0.5) is 5.69 Å². The van der Waals surface area contributed by atoms with Crippen LogP contribution in [0.15, 0.2) is 30.5 Å². The lowest BCUT2D eigenvalue weighted by molar-refractivity contribution is -0.134. The van der Waals surface area contributed by atoms with Crippen molar-refractivity contribution in [2.24, 2.45) is 5.92 Å². The summed E-state index contributed by atoms with van der Waals surface area (Å²) in [5, 5.41) is 5.21. The Morgan fingerprint density at radius 3 is 2.81 bits per heavy atom. The molecule has 1 aromatic carbocycles. The van der Waals surface area contributed by atoms with Crippen LogP contribution in [0.2, 0.25) is 5.02 Å². The highest BCUT2D eigenvalue weighted by atomic mass is 35.5. The molecule has 5 heteroatoms. The summed E-state index contributed by atoms with van der Waals surface area (Å²) < 4.78 is 0. The van der Waals surface area contributed by atoms with Gasteiger partial charge in [-0.3, -0.25) is 9.78 Å². The summed E-state index contributed by atoms with van der Waals surface area (Å²) in [5.74, 6) is 0.451. The molecule has 26 heavy (non-hydrogen) atoms. The normalized spacial score (nSPS) is 12.2. The molecule has 0 radical (unpaired) electrons. The summed E-state index contributed by atoms with van der Waals surface area (Å²) in [6, 6.07) is 7.71. The van der Waals surface area contributed by atoms with E-state index in [-0.39, 0.29) is 11.8 Å². The second-order valence-electron chi connectivity index (χ2n) is 6.81. The number of carbonyl (C=O) groups is 1. The number of halogens is 1. The summed E-state index contributed by atoms with van der Waals surface area (Å²) >= 11 is 6.03. The van der Waals surface area contributed by atoms with Crippen LogP contribution >= 0.6 is 11.6 Å². The monoisotopic (exact) mass is 375 g/mol. The molecular formula is C21H30ClN3O. The van der Waals surface area contributed by atoms with Crippen molar-refractivity contribution in [2.75, 3.05) is 25.5 Å². The van der Waals surface area contributed by atoms with Crippen molar-refractivity contribution in [1.29, 1.82) is 0 Å². The van der Waals surface area contributed by atoms with Crippen LogP contribution < -0.4 is 5.32 Å². The van der Waals surface area contributed by atoms with E-state index in [9.17, 15) is 4.79 Å². The summed E-state index contributed by atoms with van der Waals surface area (Å²) in [6.07, 6.45) is 6.88. The number of carbonyl (C=O) groups excluding carboxylic acids is 1. The van der Waals surface area contributed by atoms with Gasteiger partial charge in [0, 0.05) is 48.3 Å². The van der Waals surface area contributed by atoms with E-state index in [1.165, 1.54) is 0 Å². The molecule has 0 saturated carbocycles. The van der Waals surface area contributed by atoms with Gasteiger partial charge in [-0.05, 0) is 43.5 Å².